The third-order valence-electron chi connectivity index (χ3n) is 4.20. The highest BCUT2D eigenvalue weighted by Gasteiger charge is 2.19. The fourth-order valence-electron chi connectivity index (χ4n) is 3.17. The molecular weight excluding hydrogens is 254 g/mol. The summed E-state index contributed by atoms with van der Waals surface area (Å²) in [7, 11) is 0. The molecule has 0 saturated heterocycles. The van der Waals surface area contributed by atoms with Crippen molar-refractivity contribution >= 4 is 10.9 Å². The first-order valence-electron chi connectivity index (χ1n) is 7.81. The second-order valence-electron chi connectivity index (χ2n) is 5.24. The third-order valence-corrected chi connectivity index (χ3v) is 4.20. The van der Waals surface area contributed by atoms with Gasteiger partial charge >= 0.3 is 0 Å². The van der Waals surface area contributed by atoms with Gasteiger partial charge in [0.15, 0.2) is 0 Å². The lowest BCUT2D eigenvalue weighted by Crippen LogP contribution is -2.08. The normalized spacial score (nSPS) is 12.1. The zero-order valence-electron chi connectivity index (χ0n) is 13.0. The molecule has 0 N–H and O–H groups in total. The van der Waals surface area contributed by atoms with Gasteiger partial charge in [-0.05, 0) is 42.5 Å². The summed E-state index contributed by atoms with van der Waals surface area (Å²) in [5.41, 5.74) is 7.87. The summed E-state index contributed by atoms with van der Waals surface area (Å²) >= 11 is 0. The quantitative estimate of drug-likeness (QED) is 0.540. The summed E-state index contributed by atoms with van der Waals surface area (Å²) in [6, 6.07) is 17.1. The van der Waals surface area contributed by atoms with Crippen LogP contribution in [0.25, 0.3) is 22.2 Å². The first-order valence-corrected chi connectivity index (χ1v) is 7.81. The molecule has 0 radical (unpaired) electrons. The Morgan fingerprint density at radius 2 is 1.57 bits per heavy atom. The smallest absolute Gasteiger partial charge is 0.0747 e. The largest absolute Gasteiger partial charge is 0.247 e. The zero-order valence-corrected chi connectivity index (χ0v) is 13.0. The van der Waals surface area contributed by atoms with Crippen LogP contribution in [0, 0.1) is 6.92 Å². The van der Waals surface area contributed by atoms with Crippen molar-refractivity contribution in [3.63, 3.8) is 0 Å². The highest BCUT2D eigenvalue weighted by atomic mass is 14.7. The second kappa shape index (κ2) is 5.69. The number of benzene rings is 2. The molecule has 1 heterocycles. The van der Waals surface area contributed by atoms with E-state index in [-0.39, 0.29) is 0 Å². The van der Waals surface area contributed by atoms with E-state index < -0.39 is 0 Å². The van der Waals surface area contributed by atoms with E-state index in [4.69, 9.17) is 4.98 Å². The third kappa shape index (κ3) is 2.23. The maximum Gasteiger partial charge on any atom is 0.0747 e. The minimum Gasteiger partial charge on any atom is -0.247 e. The molecule has 4 rings (SSSR count). The van der Waals surface area contributed by atoms with Crippen LogP contribution in [0.15, 0.2) is 48.5 Å². The molecule has 106 valence electrons. The molecule has 0 bridgehead atoms. The van der Waals surface area contributed by atoms with E-state index in [2.05, 4.69) is 55.5 Å². The maximum atomic E-state index is 4.92. The predicted molar refractivity (Wildman–Crippen MR) is 90.7 cm³/mol. The number of hydrogen-bond donors (Lipinski definition) is 0. The van der Waals surface area contributed by atoms with Gasteiger partial charge in [-0.2, -0.15) is 0 Å². The maximum absolute atomic E-state index is 4.92. The van der Waals surface area contributed by atoms with Gasteiger partial charge in [-0.1, -0.05) is 56.3 Å². The summed E-state index contributed by atoms with van der Waals surface area (Å²) in [6.07, 6.45) is 2.24. The van der Waals surface area contributed by atoms with E-state index >= 15 is 0 Å². The monoisotopic (exact) mass is 275 g/mol. The number of nitrogens with zero attached hydrogens (tertiary/aromatic N) is 1. The van der Waals surface area contributed by atoms with Gasteiger partial charge in [0.25, 0.3) is 0 Å². The van der Waals surface area contributed by atoms with Crippen LogP contribution < -0.4 is 0 Å². The molecule has 1 aliphatic carbocycles. The van der Waals surface area contributed by atoms with Crippen LogP contribution >= 0.6 is 0 Å². The van der Waals surface area contributed by atoms with Crippen molar-refractivity contribution in [3.05, 3.63) is 65.2 Å². The summed E-state index contributed by atoms with van der Waals surface area (Å²) in [5.74, 6) is 0. The Balaban J connectivity index is 0.000000636. The van der Waals surface area contributed by atoms with Crippen LogP contribution in [-0.2, 0) is 12.8 Å². The Morgan fingerprint density at radius 1 is 0.857 bits per heavy atom. The molecule has 21 heavy (non-hydrogen) atoms. The molecule has 0 aliphatic heterocycles. The lowest BCUT2D eigenvalue weighted by atomic mass is 9.86. The van der Waals surface area contributed by atoms with Gasteiger partial charge in [-0.25, -0.2) is 4.98 Å². The molecule has 0 amide bonds. The average molecular weight is 275 g/mol. The number of rotatable bonds is 0. The van der Waals surface area contributed by atoms with Crippen molar-refractivity contribution in [2.24, 2.45) is 0 Å². The Bertz CT molecular complexity index is 787. The molecule has 1 nitrogen and oxygen atoms in total. The van der Waals surface area contributed by atoms with Crippen molar-refractivity contribution < 1.29 is 0 Å². The SMILES string of the molecule is CC.Cc1c2c(nc3ccccc13)-c1ccccc1CC2. The van der Waals surface area contributed by atoms with E-state index in [1.165, 1.54) is 33.3 Å². The molecular formula is C20H21N. The molecule has 3 aromatic rings. The van der Waals surface area contributed by atoms with Gasteiger partial charge in [0.1, 0.15) is 0 Å². The summed E-state index contributed by atoms with van der Waals surface area (Å²) in [4.78, 5) is 4.92. The molecule has 1 aromatic heterocycles. The molecule has 1 heteroatoms. The van der Waals surface area contributed by atoms with Crippen molar-refractivity contribution in [2.45, 2.75) is 33.6 Å². The van der Waals surface area contributed by atoms with Crippen LogP contribution in [0.5, 0.6) is 0 Å². The second-order valence-corrected chi connectivity index (χ2v) is 5.24. The van der Waals surface area contributed by atoms with Crippen LogP contribution in [-0.4, -0.2) is 4.98 Å². The Labute approximate surface area is 126 Å². The van der Waals surface area contributed by atoms with E-state index in [9.17, 15) is 0 Å². The number of hydrogen-bond acceptors (Lipinski definition) is 1. The number of aromatic nitrogens is 1. The highest BCUT2D eigenvalue weighted by Crippen LogP contribution is 2.36. The van der Waals surface area contributed by atoms with E-state index in [0.717, 1.165) is 18.4 Å². The molecule has 0 saturated carbocycles. The van der Waals surface area contributed by atoms with Gasteiger partial charge in [0.2, 0.25) is 0 Å². The van der Waals surface area contributed by atoms with Gasteiger partial charge < -0.3 is 0 Å². The lowest BCUT2D eigenvalue weighted by molar-refractivity contribution is 0.923. The number of aryl methyl sites for hydroxylation is 2. The van der Waals surface area contributed by atoms with Crippen LogP contribution in [0.4, 0.5) is 0 Å². The topological polar surface area (TPSA) is 12.9 Å². The van der Waals surface area contributed by atoms with Gasteiger partial charge in [-0.3, -0.25) is 0 Å². The summed E-state index contributed by atoms with van der Waals surface area (Å²) in [5, 5.41) is 1.29. The summed E-state index contributed by atoms with van der Waals surface area (Å²) < 4.78 is 0. The fourth-order valence-corrected chi connectivity index (χ4v) is 3.17. The predicted octanol–water partition coefficient (Wildman–Crippen LogP) is 5.34. The molecule has 1 aliphatic rings. The van der Waals surface area contributed by atoms with Gasteiger partial charge in [0, 0.05) is 10.9 Å². The van der Waals surface area contributed by atoms with Crippen molar-refractivity contribution in [3.8, 4) is 11.3 Å². The number of pyridine rings is 1. The Kier molecular flexibility index (Phi) is 3.74. The van der Waals surface area contributed by atoms with Crippen molar-refractivity contribution in [2.75, 3.05) is 0 Å². The van der Waals surface area contributed by atoms with Gasteiger partial charge in [-0.15, -0.1) is 0 Å². The van der Waals surface area contributed by atoms with Crippen LogP contribution in [0.1, 0.15) is 30.5 Å². The van der Waals surface area contributed by atoms with E-state index in [0.29, 0.717) is 0 Å². The van der Waals surface area contributed by atoms with E-state index in [1.807, 2.05) is 13.8 Å². The molecule has 2 aromatic carbocycles. The average Bonchev–Trinajstić information content (AvgIpc) is 2.57. The van der Waals surface area contributed by atoms with Gasteiger partial charge in [0.05, 0.1) is 11.2 Å². The fraction of sp³-hybridized carbons (Fsp3) is 0.250. The minimum absolute atomic E-state index is 1.11. The standard InChI is InChI=1S/C18H15N.C2H6/c1-12-14-7-4-5-9-17(14)19-18-15(12)11-10-13-6-2-3-8-16(13)18;1-2/h2-9H,10-11H2,1H3;1-2H3. The highest BCUT2D eigenvalue weighted by molar-refractivity contribution is 5.88. The molecule has 0 atom stereocenters. The number of para-hydroxylation sites is 1. The Hall–Kier alpha value is -2.15. The first kappa shape index (κ1) is 13.8. The summed E-state index contributed by atoms with van der Waals surface area (Å²) in [6.45, 7) is 6.23. The van der Waals surface area contributed by atoms with E-state index in [1.54, 1.807) is 0 Å². The zero-order chi connectivity index (χ0) is 14.8. The van der Waals surface area contributed by atoms with Crippen LogP contribution in [0.2, 0.25) is 0 Å². The van der Waals surface area contributed by atoms with Crippen LogP contribution in [0.3, 0.4) is 0 Å². The molecule has 0 unspecified atom stereocenters. The molecule has 0 spiro atoms. The van der Waals surface area contributed by atoms with Crippen molar-refractivity contribution in [1.82, 2.24) is 4.98 Å². The molecule has 0 fully saturated rings. The lowest BCUT2D eigenvalue weighted by Gasteiger charge is -2.21. The van der Waals surface area contributed by atoms with Crippen molar-refractivity contribution in [1.29, 1.82) is 0 Å². The number of fused-ring (bicyclic) bond motifs is 4. The minimum atomic E-state index is 1.11. The Morgan fingerprint density at radius 3 is 2.43 bits per heavy atom. The first-order chi connectivity index (χ1) is 10.3.